The van der Waals surface area contributed by atoms with Crippen LogP contribution in [-0.4, -0.2) is 36.5 Å². The van der Waals surface area contributed by atoms with E-state index in [4.69, 9.17) is 14.2 Å². The van der Waals surface area contributed by atoms with Crippen LogP contribution in [0.25, 0.3) is 0 Å². The molecule has 0 saturated carbocycles. The molecule has 3 aliphatic heterocycles. The normalized spacial score (nSPS) is 31.0. The summed E-state index contributed by atoms with van der Waals surface area (Å²) in [6.07, 6.45) is 3.43. The van der Waals surface area contributed by atoms with Crippen molar-refractivity contribution in [3.63, 3.8) is 0 Å². The zero-order valence-electron chi connectivity index (χ0n) is 12.1. The van der Waals surface area contributed by atoms with Gasteiger partial charge in [-0.15, -0.1) is 0 Å². The van der Waals surface area contributed by atoms with Crippen LogP contribution in [0.5, 0.6) is 11.5 Å². The second-order valence-electron chi connectivity index (χ2n) is 6.06. The highest BCUT2D eigenvalue weighted by atomic mass is 32.2. The van der Waals surface area contributed by atoms with E-state index < -0.39 is 0 Å². The van der Waals surface area contributed by atoms with E-state index in [1.165, 1.54) is 17.7 Å². The highest BCUT2D eigenvalue weighted by Crippen LogP contribution is 2.39. The molecular weight excluding hydrogens is 286 g/mol. The van der Waals surface area contributed by atoms with E-state index in [-0.39, 0.29) is 5.60 Å². The minimum Gasteiger partial charge on any atom is -0.454 e. The first kappa shape index (κ1) is 13.7. The van der Waals surface area contributed by atoms with E-state index in [0.717, 1.165) is 43.2 Å². The van der Waals surface area contributed by atoms with Gasteiger partial charge < -0.3 is 19.5 Å². The van der Waals surface area contributed by atoms with E-state index in [9.17, 15) is 0 Å². The third-order valence-corrected chi connectivity index (χ3v) is 5.84. The van der Waals surface area contributed by atoms with Gasteiger partial charge in [-0.3, -0.25) is 0 Å². The Hall–Kier alpha value is -0.910. The van der Waals surface area contributed by atoms with E-state index in [1.807, 2.05) is 23.9 Å². The third kappa shape index (κ3) is 2.74. The van der Waals surface area contributed by atoms with Gasteiger partial charge in [0.2, 0.25) is 6.79 Å². The second kappa shape index (κ2) is 5.71. The lowest BCUT2D eigenvalue weighted by molar-refractivity contribution is -0.0703. The van der Waals surface area contributed by atoms with E-state index in [2.05, 4.69) is 11.4 Å². The molecule has 114 valence electrons. The highest BCUT2D eigenvalue weighted by molar-refractivity contribution is 7.99. The summed E-state index contributed by atoms with van der Waals surface area (Å²) in [4.78, 5) is 0. The standard InChI is InChI=1S/C16H21NO3S/c1-2-12(15-14(3-1)18-11-19-15)9-17-13-4-6-20-16(8-13)5-7-21-10-16/h1-3,13,17H,4-11H2. The summed E-state index contributed by atoms with van der Waals surface area (Å²) in [5.41, 5.74) is 1.32. The van der Waals surface area contributed by atoms with Crippen molar-refractivity contribution in [1.82, 2.24) is 5.32 Å². The number of fused-ring (bicyclic) bond motifs is 1. The maximum absolute atomic E-state index is 6.08. The average Bonchev–Trinajstić information content (AvgIpc) is 3.15. The van der Waals surface area contributed by atoms with Gasteiger partial charge in [-0.1, -0.05) is 12.1 Å². The van der Waals surface area contributed by atoms with Crippen LogP contribution >= 0.6 is 11.8 Å². The van der Waals surface area contributed by atoms with Crippen LogP contribution < -0.4 is 14.8 Å². The van der Waals surface area contributed by atoms with Gasteiger partial charge in [0.25, 0.3) is 0 Å². The minimum atomic E-state index is 0.138. The lowest BCUT2D eigenvalue weighted by Gasteiger charge is -2.38. The fraction of sp³-hybridized carbons (Fsp3) is 0.625. The maximum Gasteiger partial charge on any atom is 0.231 e. The van der Waals surface area contributed by atoms with Crippen molar-refractivity contribution in [1.29, 1.82) is 0 Å². The molecule has 1 N–H and O–H groups in total. The largest absolute Gasteiger partial charge is 0.454 e. The summed E-state index contributed by atoms with van der Waals surface area (Å²) < 4.78 is 17.1. The number of ether oxygens (including phenoxy) is 3. The quantitative estimate of drug-likeness (QED) is 0.929. The van der Waals surface area contributed by atoms with Crippen molar-refractivity contribution >= 4 is 11.8 Å². The molecule has 0 bridgehead atoms. The molecule has 1 spiro atoms. The second-order valence-corrected chi connectivity index (χ2v) is 7.16. The van der Waals surface area contributed by atoms with Crippen molar-refractivity contribution in [2.24, 2.45) is 0 Å². The predicted molar refractivity (Wildman–Crippen MR) is 83.1 cm³/mol. The van der Waals surface area contributed by atoms with Crippen LogP contribution in [0.1, 0.15) is 24.8 Å². The van der Waals surface area contributed by atoms with E-state index >= 15 is 0 Å². The van der Waals surface area contributed by atoms with Crippen LogP contribution in [-0.2, 0) is 11.3 Å². The Labute approximate surface area is 129 Å². The third-order valence-electron chi connectivity index (χ3n) is 4.62. The Morgan fingerprint density at radius 2 is 2.33 bits per heavy atom. The molecule has 3 aliphatic rings. The SMILES string of the molecule is c1cc(CNC2CCOC3(CCSC3)C2)c2c(c1)OCO2. The number of hydrogen-bond acceptors (Lipinski definition) is 5. The molecule has 4 nitrogen and oxygen atoms in total. The molecule has 5 heteroatoms. The first-order chi connectivity index (χ1) is 10.3. The predicted octanol–water partition coefficient (Wildman–Crippen LogP) is 2.56. The first-order valence-corrected chi connectivity index (χ1v) is 8.83. The monoisotopic (exact) mass is 307 g/mol. The molecule has 0 aliphatic carbocycles. The summed E-state index contributed by atoms with van der Waals surface area (Å²) in [6, 6.07) is 6.64. The number of nitrogens with one attached hydrogen (secondary N) is 1. The molecule has 3 heterocycles. The minimum absolute atomic E-state index is 0.138. The summed E-state index contributed by atoms with van der Waals surface area (Å²) >= 11 is 2.02. The van der Waals surface area contributed by atoms with Crippen molar-refractivity contribution < 1.29 is 14.2 Å². The summed E-state index contributed by atoms with van der Waals surface area (Å²) in [6.45, 7) is 2.05. The molecule has 2 unspecified atom stereocenters. The lowest BCUT2D eigenvalue weighted by Crippen LogP contribution is -2.47. The molecule has 4 rings (SSSR count). The molecule has 1 aromatic carbocycles. The Kier molecular flexibility index (Phi) is 3.73. The smallest absolute Gasteiger partial charge is 0.231 e. The topological polar surface area (TPSA) is 39.7 Å². The summed E-state index contributed by atoms with van der Waals surface area (Å²) in [7, 11) is 0. The Morgan fingerprint density at radius 1 is 1.33 bits per heavy atom. The Balaban J connectivity index is 1.40. The van der Waals surface area contributed by atoms with Crippen LogP contribution in [0.4, 0.5) is 0 Å². The van der Waals surface area contributed by atoms with Gasteiger partial charge >= 0.3 is 0 Å². The fourth-order valence-electron chi connectivity index (χ4n) is 3.45. The Morgan fingerprint density at radius 3 is 3.24 bits per heavy atom. The number of rotatable bonds is 3. The fourth-order valence-corrected chi connectivity index (χ4v) is 4.83. The van der Waals surface area contributed by atoms with Gasteiger partial charge in [-0.2, -0.15) is 11.8 Å². The summed E-state index contributed by atoms with van der Waals surface area (Å²) in [5.74, 6) is 4.17. The number of para-hydroxylation sites is 1. The molecule has 0 radical (unpaired) electrons. The Bertz CT molecular complexity index is 516. The molecular formula is C16H21NO3S. The van der Waals surface area contributed by atoms with Crippen LogP contribution in [0.15, 0.2) is 18.2 Å². The zero-order valence-corrected chi connectivity index (χ0v) is 12.9. The van der Waals surface area contributed by atoms with E-state index in [0.29, 0.717) is 12.8 Å². The molecule has 2 saturated heterocycles. The number of hydrogen-bond donors (Lipinski definition) is 1. The lowest BCUT2D eigenvalue weighted by atomic mass is 9.90. The van der Waals surface area contributed by atoms with Crippen LogP contribution in [0.3, 0.4) is 0 Å². The molecule has 1 aromatic rings. The molecule has 0 aromatic heterocycles. The highest BCUT2D eigenvalue weighted by Gasteiger charge is 2.40. The van der Waals surface area contributed by atoms with Crippen molar-refractivity contribution in [3.8, 4) is 11.5 Å². The summed E-state index contributed by atoms with van der Waals surface area (Å²) in [5, 5.41) is 3.69. The average molecular weight is 307 g/mol. The van der Waals surface area contributed by atoms with Crippen LogP contribution in [0, 0.1) is 0 Å². The van der Waals surface area contributed by atoms with Gasteiger partial charge in [0.05, 0.1) is 5.60 Å². The molecule has 21 heavy (non-hydrogen) atoms. The van der Waals surface area contributed by atoms with Crippen molar-refractivity contribution in [2.45, 2.75) is 37.5 Å². The van der Waals surface area contributed by atoms with Crippen molar-refractivity contribution in [2.75, 3.05) is 24.9 Å². The molecule has 0 amide bonds. The maximum atomic E-state index is 6.08. The molecule has 2 atom stereocenters. The van der Waals surface area contributed by atoms with Crippen LogP contribution in [0.2, 0.25) is 0 Å². The van der Waals surface area contributed by atoms with Crippen molar-refractivity contribution in [3.05, 3.63) is 23.8 Å². The number of thioether (sulfide) groups is 1. The zero-order chi connectivity index (χ0) is 14.1. The van der Waals surface area contributed by atoms with Gasteiger partial charge in [0.15, 0.2) is 11.5 Å². The first-order valence-electron chi connectivity index (χ1n) is 7.67. The molecule has 2 fully saturated rings. The van der Waals surface area contributed by atoms with Gasteiger partial charge in [-0.25, -0.2) is 0 Å². The van der Waals surface area contributed by atoms with E-state index in [1.54, 1.807) is 0 Å². The van der Waals surface area contributed by atoms with Gasteiger partial charge in [0.1, 0.15) is 0 Å². The number of benzene rings is 1. The van der Waals surface area contributed by atoms with Gasteiger partial charge in [0, 0.05) is 30.5 Å². The van der Waals surface area contributed by atoms with Gasteiger partial charge in [-0.05, 0) is 31.1 Å².